The first-order valence-corrected chi connectivity index (χ1v) is 7.70. The summed E-state index contributed by atoms with van der Waals surface area (Å²) in [7, 11) is 0. The zero-order chi connectivity index (χ0) is 13.6. The summed E-state index contributed by atoms with van der Waals surface area (Å²) in [4.78, 5) is 0. The van der Waals surface area contributed by atoms with Crippen molar-refractivity contribution in [1.82, 2.24) is 0 Å². The molecule has 1 nitrogen and oxygen atoms in total. The molecule has 0 spiro atoms. The molecule has 1 heteroatoms. The maximum Gasteiger partial charge on any atom is 0.0756 e. The van der Waals surface area contributed by atoms with Gasteiger partial charge in [0, 0.05) is 5.92 Å². The van der Waals surface area contributed by atoms with E-state index in [1.807, 2.05) is 0 Å². The van der Waals surface area contributed by atoms with Crippen LogP contribution in [0.25, 0.3) is 11.1 Å². The van der Waals surface area contributed by atoms with Gasteiger partial charge in [-0.1, -0.05) is 67.8 Å². The zero-order valence-corrected chi connectivity index (χ0v) is 11.7. The lowest BCUT2D eigenvalue weighted by Gasteiger charge is -2.38. The molecule has 2 aromatic carbocycles. The second kappa shape index (κ2) is 4.46. The van der Waals surface area contributed by atoms with Crippen LogP contribution >= 0.6 is 0 Å². The third-order valence-corrected chi connectivity index (χ3v) is 5.09. The van der Waals surface area contributed by atoms with E-state index in [9.17, 15) is 5.11 Å². The minimum Gasteiger partial charge on any atom is -0.389 e. The molecular weight excluding hydrogens is 244 g/mol. The predicted molar refractivity (Wildman–Crippen MR) is 81.8 cm³/mol. The highest BCUT2D eigenvalue weighted by Crippen LogP contribution is 2.52. The average molecular weight is 264 g/mol. The van der Waals surface area contributed by atoms with Crippen molar-refractivity contribution in [2.75, 3.05) is 0 Å². The molecule has 1 saturated carbocycles. The van der Waals surface area contributed by atoms with Gasteiger partial charge in [0.25, 0.3) is 0 Å². The molecular formula is C19H20O. The highest BCUT2D eigenvalue weighted by Gasteiger charge is 2.44. The number of aliphatic hydroxyl groups is 1. The standard InChI is InChI=1S/C19H20O/c20-19(12-6-1-7-13-19)18-16-10-4-2-8-14(16)15-9-3-5-11-17(15)18/h2-5,8-11,18,20H,1,6-7,12-13H2. The molecule has 0 heterocycles. The molecule has 0 amide bonds. The van der Waals surface area contributed by atoms with Gasteiger partial charge >= 0.3 is 0 Å². The maximum absolute atomic E-state index is 11.3. The lowest BCUT2D eigenvalue weighted by molar-refractivity contribution is -0.00996. The Morgan fingerprint density at radius 1 is 0.750 bits per heavy atom. The van der Waals surface area contributed by atoms with Gasteiger partial charge in [0.15, 0.2) is 0 Å². The fraction of sp³-hybridized carbons (Fsp3) is 0.368. The second-order valence-corrected chi connectivity index (χ2v) is 6.27. The van der Waals surface area contributed by atoms with Gasteiger partial charge in [-0.2, -0.15) is 0 Å². The Hall–Kier alpha value is -1.60. The van der Waals surface area contributed by atoms with Crippen LogP contribution in [-0.4, -0.2) is 10.7 Å². The Kier molecular flexibility index (Phi) is 2.71. The minimum atomic E-state index is -0.555. The average Bonchev–Trinajstić information content (AvgIpc) is 2.83. The Morgan fingerprint density at radius 3 is 1.80 bits per heavy atom. The van der Waals surface area contributed by atoms with Gasteiger partial charge in [0.2, 0.25) is 0 Å². The number of hydrogen-bond acceptors (Lipinski definition) is 1. The van der Waals surface area contributed by atoms with Crippen LogP contribution in [0.5, 0.6) is 0 Å². The Morgan fingerprint density at radius 2 is 1.25 bits per heavy atom. The van der Waals surface area contributed by atoms with E-state index in [-0.39, 0.29) is 5.92 Å². The summed E-state index contributed by atoms with van der Waals surface area (Å²) < 4.78 is 0. The van der Waals surface area contributed by atoms with Crippen LogP contribution in [0.2, 0.25) is 0 Å². The van der Waals surface area contributed by atoms with Crippen molar-refractivity contribution in [2.45, 2.75) is 43.6 Å². The molecule has 2 aliphatic carbocycles. The van der Waals surface area contributed by atoms with Gasteiger partial charge in [0.05, 0.1) is 5.60 Å². The third-order valence-electron chi connectivity index (χ3n) is 5.09. The minimum absolute atomic E-state index is 0.162. The third kappa shape index (κ3) is 1.66. The molecule has 1 N–H and O–H groups in total. The quantitative estimate of drug-likeness (QED) is 0.804. The molecule has 0 saturated heterocycles. The van der Waals surface area contributed by atoms with Crippen LogP contribution < -0.4 is 0 Å². The summed E-state index contributed by atoms with van der Waals surface area (Å²) in [6, 6.07) is 17.2. The number of benzene rings is 2. The summed E-state index contributed by atoms with van der Waals surface area (Å²) in [5, 5.41) is 11.3. The Bertz CT molecular complexity index is 592. The van der Waals surface area contributed by atoms with Crippen LogP contribution in [0.1, 0.15) is 49.1 Å². The van der Waals surface area contributed by atoms with Crippen molar-refractivity contribution in [3.63, 3.8) is 0 Å². The second-order valence-electron chi connectivity index (χ2n) is 6.27. The molecule has 0 bridgehead atoms. The first-order chi connectivity index (χ1) is 9.80. The molecule has 2 aliphatic rings. The van der Waals surface area contributed by atoms with E-state index < -0.39 is 5.60 Å². The van der Waals surface area contributed by atoms with Crippen molar-refractivity contribution in [3.8, 4) is 11.1 Å². The summed E-state index contributed by atoms with van der Waals surface area (Å²) in [5.41, 5.74) is 4.71. The van der Waals surface area contributed by atoms with Crippen molar-refractivity contribution in [3.05, 3.63) is 59.7 Å². The van der Waals surface area contributed by atoms with E-state index in [0.717, 1.165) is 25.7 Å². The van der Waals surface area contributed by atoms with Gasteiger partial charge in [0.1, 0.15) is 0 Å². The van der Waals surface area contributed by atoms with Crippen molar-refractivity contribution < 1.29 is 5.11 Å². The summed E-state index contributed by atoms with van der Waals surface area (Å²) in [6.07, 6.45) is 5.42. The summed E-state index contributed by atoms with van der Waals surface area (Å²) >= 11 is 0. The smallest absolute Gasteiger partial charge is 0.0756 e. The Labute approximate surface area is 120 Å². The highest BCUT2D eigenvalue weighted by atomic mass is 16.3. The summed E-state index contributed by atoms with van der Waals surface area (Å²) in [6.45, 7) is 0. The van der Waals surface area contributed by atoms with E-state index in [1.54, 1.807) is 0 Å². The summed E-state index contributed by atoms with van der Waals surface area (Å²) in [5.74, 6) is 0.162. The van der Waals surface area contributed by atoms with Crippen molar-refractivity contribution in [1.29, 1.82) is 0 Å². The van der Waals surface area contributed by atoms with Crippen LogP contribution in [0.3, 0.4) is 0 Å². The largest absolute Gasteiger partial charge is 0.389 e. The van der Waals surface area contributed by atoms with Gasteiger partial charge < -0.3 is 5.11 Å². The van der Waals surface area contributed by atoms with E-state index in [2.05, 4.69) is 48.5 Å². The van der Waals surface area contributed by atoms with Gasteiger partial charge in [-0.25, -0.2) is 0 Å². The highest BCUT2D eigenvalue weighted by molar-refractivity contribution is 5.79. The SMILES string of the molecule is OC1(C2c3ccccc3-c3ccccc32)CCCCC1. The first-order valence-electron chi connectivity index (χ1n) is 7.70. The van der Waals surface area contributed by atoms with Crippen LogP contribution in [0.15, 0.2) is 48.5 Å². The Balaban J connectivity index is 1.91. The monoisotopic (exact) mass is 264 g/mol. The van der Waals surface area contributed by atoms with E-state index in [1.165, 1.54) is 28.7 Å². The molecule has 20 heavy (non-hydrogen) atoms. The first kappa shape index (κ1) is 12.2. The number of hydrogen-bond donors (Lipinski definition) is 1. The predicted octanol–water partition coefficient (Wildman–Crippen LogP) is 4.49. The number of rotatable bonds is 1. The fourth-order valence-corrected chi connectivity index (χ4v) is 4.19. The molecule has 0 atom stereocenters. The van der Waals surface area contributed by atoms with E-state index in [0.29, 0.717) is 0 Å². The van der Waals surface area contributed by atoms with Crippen LogP contribution in [0.4, 0.5) is 0 Å². The van der Waals surface area contributed by atoms with Crippen LogP contribution in [0, 0.1) is 0 Å². The molecule has 1 fully saturated rings. The molecule has 0 aromatic heterocycles. The molecule has 0 radical (unpaired) electrons. The topological polar surface area (TPSA) is 20.2 Å². The van der Waals surface area contributed by atoms with Crippen LogP contribution in [-0.2, 0) is 0 Å². The molecule has 0 unspecified atom stereocenters. The molecule has 0 aliphatic heterocycles. The van der Waals surface area contributed by atoms with Gasteiger partial charge in [-0.15, -0.1) is 0 Å². The van der Waals surface area contributed by atoms with E-state index in [4.69, 9.17) is 0 Å². The molecule has 4 rings (SSSR count). The maximum atomic E-state index is 11.3. The molecule has 2 aromatic rings. The van der Waals surface area contributed by atoms with Crippen molar-refractivity contribution >= 4 is 0 Å². The lowest BCUT2D eigenvalue weighted by atomic mass is 9.72. The normalized spacial score (nSPS) is 20.4. The van der Waals surface area contributed by atoms with E-state index >= 15 is 0 Å². The fourth-order valence-electron chi connectivity index (χ4n) is 4.19. The molecule has 102 valence electrons. The van der Waals surface area contributed by atoms with Gasteiger partial charge in [-0.3, -0.25) is 0 Å². The van der Waals surface area contributed by atoms with Gasteiger partial charge in [-0.05, 0) is 35.1 Å². The number of fused-ring (bicyclic) bond motifs is 3. The zero-order valence-electron chi connectivity index (χ0n) is 11.7. The lowest BCUT2D eigenvalue weighted by Crippen LogP contribution is -2.38. The van der Waals surface area contributed by atoms with Crippen molar-refractivity contribution in [2.24, 2.45) is 0 Å².